The maximum absolute atomic E-state index is 12.0. The lowest BCUT2D eigenvalue weighted by molar-refractivity contribution is 0.0518. The Hall–Kier alpha value is -2.88. The first-order valence-electron chi connectivity index (χ1n) is 8.04. The van der Waals surface area contributed by atoms with Gasteiger partial charge in [-0.2, -0.15) is 5.10 Å². The Kier molecular flexibility index (Phi) is 4.75. The molecule has 3 aromatic rings. The van der Waals surface area contributed by atoms with Crippen LogP contribution in [0.1, 0.15) is 34.2 Å². The average molecular weight is 320 g/mol. The third kappa shape index (κ3) is 3.38. The largest absolute Gasteiger partial charge is 0.461 e. The van der Waals surface area contributed by atoms with Crippen LogP contribution in [0, 0.1) is 6.92 Å². The first-order valence-corrected chi connectivity index (χ1v) is 8.04. The number of benzene rings is 2. The Labute approximate surface area is 141 Å². The number of aryl methyl sites for hydroxylation is 1. The number of hydrogen-bond donors (Lipinski definition) is 1. The third-order valence-electron chi connectivity index (χ3n) is 3.98. The lowest BCUT2D eigenvalue weighted by atomic mass is 9.99. The molecular formula is C20H20N2O2. The van der Waals surface area contributed by atoms with E-state index in [0.717, 1.165) is 16.8 Å². The van der Waals surface area contributed by atoms with Crippen LogP contribution in [0.25, 0.3) is 11.1 Å². The third-order valence-corrected chi connectivity index (χ3v) is 3.98. The van der Waals surface area contributed by atoms with Gasteiger partial charge in [-0.15, -0.1) is 0 Å². The van der Waals surface area contributed by atoms with E-state index in [4.69, 9.17) is 4.74 Å². The van der Waals surface area contributed by atoms with E-state index in [-0.39, 0.29) is 5.97 Å². The molecule has 24 heavy (non-hydrogen) atoms. The molecule has 0 aliphatic carbocycles. The topological polar surface area (TPSA) is 55.0 Å². The SMILES string of the molecule is CCOC(=O)c1n[nH]c(C)c1Cc1ccc(-c2ccccc2)cc1. The number of rotatable bonds is 5. The number of hydrogen-bond acceptors (Lipinski definition) is 3. The van der Waals surface area contributed by atoms with Gasteiger partial charge >= 0.3 is 5.97 Å². The summed E-state index contributed by atoms with van der Waals surface area (Å²) in [6.07, 6.45) is 0.644. The fourth-order valence-electron chi connectivity index (χ4n) is 2.69. The van der Waals surface area contributed by atoms with Crippen molar-refractivity contribution in [2.45, 2.75) is 20.3 Å². The molecule has 0 unspecified atom stereocenters. The molecular weight excluding hydrogens is 300 g/mol. The van der Waals surface area contributed by atoms with Crippen molar-refractivity contribution in [1.29, 1.82) is 0 Å². The van der Waals surface area contributed by atoms with Crippen LogP contribution >= 0.6 is 0 Å². The summed E-state index contributed by atoms with van der Waals surface area (Å²) in [6, 6.07) is 18.6. The Morgan fingerprint density at radius 1 is 1.04 bits per heavy atom. The van der Waals surface area contributed by atoms with Crippen LogP contribution < -0.4 is 0 Å². The molecule has 0 spiro atoms. The maximum Gasteiger partial charge on any atom is 0.359 e. The van der Waals surface area contributed by atoms with Gasteiger partial charge in [0.15, 0.2) is 5.69 Å². The van der Waals surface area contributed by atoms with Gasteiger partial charge in [0.05, 0.1) is 6.61 Å². The highest BCUT2D eigenvalue weighted by atomic mass is 16.5. The second-order valence-electron chi connectivity index (χ2n) is 5.64. The van der Waals surface area contributed by atoms with Crippen LogP contribution in [-0.2, 0) is 11.2 Å². The van der Waals surface area contributed by atoms with Crippen LogP contribution in [0.2, 0.25) is 0 Å². The van der Waals surface area contributed by atoms with Gasteiger partial charge in [0, 0.05) is 17.7 Å². The van der Waals surface area contributed by atoms with Crippen molar-refractivity contribution < 1.29 is 9.53 Å². The van der Waals surface area contributed by atoms with E-state index in [2.05, 4.69) is 46.6 Å². The number of aromatic amines is 1. The second kappa shape index (κ2) is 7.13. The Morgan fingerprint density at radius 3 is 2.38 bits per heavy atom. The van der Waals surface area contributed by atoms with E-state index in [1.807, 2.05) is 25.1 Å². The molecule has 4 nitrogen and oxygen atoms in total. The zero-order chi connectivity index (χ0) is 16.9. The van der Waals surface area contributed by atoms with Gasteiger partial charge in [-0.05, 0) is 30.5 Å². The number of carbonyl (C=O) groups is 1. The van der Waals surface area contributed by atoms with Gasteiger partial charge in [-0.1, -0.05) is 54.6 Å². The van der Waals surface area contributed by atoms with Gasteiger partial charge in [-0.25, -0.2) is 4.79 Å². The van der Waals surface area contributed by atoms with Gasteiger partial charge in [-0.3, -0.25) is 5.10 Å². The van der Waals surface area contributed by atoms with Crippen molar-refractivity contribution in [3.63, 3.8) is 0 Å². The Balaban J connectivity index is 1.82. The summed E-state index contributed by atoms with van der Waals surface area (Å²) in [4.78, 5) is 12.0. The minimum atomic E-state index is -0.377. The zero-order valence-electron chi connectivity index (χ0n) is 13.9. The molecule has 0 bridgehead atoms. The normalized spacial score (nSPS) is 10.6. The summed E-state index contributed by atoms with van der Waals surface area (Å²) in [7, 11) is 0. The van der Waals surface area contributed by atoms with E-state index < -0.39 is 0 Å². The van der Waals surface area contributed by atoms with E-state index in [1.54, 1.807) is 6.92 Å². The van der Waals surface area contributed by atoms with Crippen molar-refractivity contribution in [2.24, 2.45) is 0 Å². The van der Waals surface area contributed by atoms with Gasteiger partial charge in [0.2, 0.25) is 0 Å². The number of nitrogens with one attached hydrogen (secondary N) is 1. The quantitative estimate of drug-likeness (QED) is 0.718. The van der Waals surface area contributed by atoms with Crippen LogP contribution in [0.5, 0.6) is 0 Å². The molecule has 3 rings (SSSR count). The summed E-state index contributed by atoms with van der Waals surface area (Å²) in [5.41, 5.74) is 5.65. The fraction of sp³-hybridized carbons (Fsp3) is 0.200. The summed E-state index contributed by atoms with van der Waals surface area (Å²) in [5, 5.41) is 6.98. The lowest BCUT2D eigenvalue weighted by Gasteiger charge is -2.06. The second-order valence-corrected chi connectivity index (χ2v) is 5.64. The molecule has 2 aromatic carbocycles. The van der Waals surface area contributed by atoms with Crippen molar-refractivity contribution >= 4 is 5.97 Å². The highest BCUT2D eigenvalue weighted by Gasteiger charge is 2.18. The molecule has 0 saturated heterocycles. The molecule has 0 fully saturated rings. The molecule has 0 atom stereocenters. The molecule has 0 radical (unpaired) electrons. The minimum Gasteiger partial charge on any atom is -0.461 e. The first kappa shape index (κ1) is 16.0. The molecule has 0 aliphatic heterocycles. The van der Waals surface area contributed by atoms with E-state index >= 15 is 0 Å². The smallest absolute Gasteiger partial charge is 0.359 e. The molecule has 1 heterocycles. The van der Waals surface area contributed by atoms with Gasteiger partial charge < -0.3 is 4.74 Å². The number of esters is 1. The van der Waals surface area contributed by atoms with Crippen LogP contribution in [0.4, 0.5) is 0 Å². The first-order chi connectivity index (χ1) is 11.7. The number of carbonyl (C=O) groups excluding carboxylic acids is 1. The van der Waals surface area contributed by atoms with Crippen molar-refractivity contribution in [2.75, 3.05) is 6.61 Å². The lowest BCUT2D eigenvalue weighted by Crippen LogP contribution is -2.08. The summed E-state index contributed by atoms with van der Waals surface area (Å²) < 4.78 is 5.08. The van der Waals surface area contributed by atoms with E-state index in [9.17, 15) is 4.79 Å². The monoisotopic (exact) mass is 320 g/mol. The molecule has 4 heteroatoms. The Bertz CT molecular complexity index is 821. The number of aromatic nitrogens is 2. The predicted octanol–water partition coefficient (Wildman–Crippen LogP) is 4.15. The number of nitrogens with zero attached hydrogens (tertiary/aromatic N) is 1. The van der Waals surface area contributed by atoms with E-state index in [0.29, 0.717) is 18.7 Å². The maximum atomic E-state index is 12.0. The molecule has 0 aliphatic rings. The highest BCUT2D eigenvalue weighted by molar-refractivity contribution is 5.89. The molecule has 0 saturated carbocycles. The average Bonchev–Trinajstić information content (AvgIpc) is 2.97. The van der Waals surface area contributed by atoms with Crippen LogP contribution in [0.15, 0.2) is 54.6 Å². The summed E-state index contributed by atoms with van der Waals surface area (Å²) >= 11 is 0. The van der Waals surface area contributed by atoms with Crippen molar-refractivity contribution in [3.05, 3.63) is 77.1 Å². The standard InChI is InChI=1S/C20H20N2O2/c1-3-24-20(23)19-18(14(2)21-22-19)13-15-9-11-17(12-10-15)16-7-5-4-6-8-16/h4-12H,3,13H2,1-2H3,(H,21,22). The van der Waals surface area contributed by atoms with Crippen molar-refractivity contribution in [1.82, 2.24) is 10.2 Å². The fourth-order valence-corrected chi connectivity index (χ4v) is 2.69. The van der Waals surface area contributed by atoms with Crippen LogP contribution in [-0.4, -0.2) is 22.8 Å². The van der Waals surface area contributed by atoms with Crippen molar-refractivity contribution in [3.8, 4) is 11.1 Å². The molecule has 1 N–H and O–H groups in total. The molecule has 122 valence electrons. The summed E-state index contributed by atoms with van der Waals surface area (Å²) in [6.45, 7) is 4.05. The molecule has 1 aromatic heterocycles. The van der Waals surface area contributed by atoms with E-state index in [1.165, 1.54) is 11.1 Å². The minimum absolute atomic E-state index is 0.343. The van der Waals surface area contributed by atoms with Gasteiger partial charge in [0.1, 0.15) is 0 Å². The predicted molar refractivity (Wildman–Crippen MR) is 94.0 cm³/mol. The Morgan fingerprint density at radius 2 is 1.71 bits per heavy atom. The van der Waals surface area contributed by atoms with Gasteiger partial charge in [0.25, 0.3) is 0 Å². The van der Waals surface area contributed by atoms with Crippen LogP contribution in [0.3, 0.4) is 0 Å². The molecule has 0 amide bonds. The number of H-pyrrole nitrogens is 1. The number of ether oxygens (including phenoxy) is 1. The highest BCUT2D eigenvalue weighted by Crippen LogP contribution is 2.22. The zero-order valence-corrected chi connectivity index (χ0v) is 13.9. The summed E-state index contributed by atoms with van der Waals surface area (Å²) in [5.74, 6) is -0.377.